The first-order valence-corrected chi connectivity index (χ1v) is 7.42. The van der Waals surface area contributed by atoms with Gasteiger partial charge in [0.15, 0.2) is 0 Å². The molecule has 0 radical (unpaired) electrons. The molecule has 2 N–H and O–H groups in total. The molecule has 1 atom stereocenters. The molecule has 0 aromatic heterocycles. The van der Waals surface area contributed by atoms with Crippen LogP contribution in [-0.4, -0.2) is 23.7 Å². The van der Waals surface area contributed by atoms with E-state index >= 15 is 0 Å². The lowest BCUT2D eigenvalue weighted by atomic mass is 9.81. The third-order valence-corrected chi connectivity index (χ3v) is 4.25. The molecular formula is C15H29NO2. The Balaban J connectivity index is 2.34. The summed E-state index contributed by atoms with van der Waals surface area (Å²) in [5, 5.41) is 12.7. The van der Waals surface area contributed by atoms with Gasteiger partial charge in [-0.3, -0.25) is 4.79 Å². The van der Waals surface area contributed by atoms with Gasteiger partial charge >= 0.3 is 0 Å². The second-order valence-electron chi connectivity index (χ2n) is 6.33. The van der Waals surface area contributed by atoms with Gasteiger partial charge in [-0.1, -0.05) is 46.5 Å². The Kier molecular flexibility index (Phi) is 6.13. The van der Waals surface area contributed by atoms with Crippen molar-refractivity contribution in [3.05, 3.63) is 0 Å². The first-order valence-electron chi connectivity index (χ1n) is 7.42. The van der Waals surface area contributed by atoms with Gasteiger partial charge in [0.25, 0.3) is 0 Å². The average Bonchev–Trinajstić information content (AvgIpc) is 2.54. The first kappa shape index (κ1) is 15.5. The highest BCUT2D eigenvalue weighted by molar-refractivity contribution is 5.82. The quantitative estimate of drug-likeness (QED) is 0.742. The fourth-order valence-corrected chi connectivity index (χ4v) is 2.62. The van der Waals surface area contributed by atoms with E-state index in [2.05, 4.69) is 12.2 Å². The largest absolute Gasteiger partial charge is 0.393 e. The molecular weight excluding hydrogens is 226 g/mol. The molecule has 1 rings (SSSR count). The van der Waals surface area contributed by atoms with E-state index < -0.39 is 0 Å². The summed E-state index contributed by atoms with van der Waals surface area (Å²) in [6.07, 6.45) is 7.20. The summed E-state index contributed by atoms with van der Waals surface area (Å²) in [6, 6.07) is 0. The molecule has 0 aromatic carbocycles. The number of amides is 1. The fraction of sp³-hybridized carbons (Fsp3) is 0.933. The summed E-state index contributed by atoms with van der Waals surface area (Å²) in [4.78, 5) is 12.2. The van der Waals surface area contributed by atoms with Crippen LogP contribution in [0.2, 0.25) is 0 Å². The predicted octanol–water partition coefficient (Wildman–Crippen LogP) is 2.87. The van der Waals surface area contributed by atoms with E-state index in [4.69, 9.17) is 0 Å². The number of rotatable bonds is 5. The minimum atomic E-state index is -0.313. The topological polar surface area (TPSA) is 49.3 Å². The van der Waals surface area contributed by atoms with Gasteiger partial charge in [0.1, 0.15) is 0 Å². The van der Waals surface area contributed by atoms with Gasteiger partial charge in [-0.2, -0.15) is 0 Å². The van der Waals surface area contributed by atoms with Crippen LogP contribution >= 0.6 is 0 Å². The molecule has 1 fully saturated rings. The second-order valence-corrected chi connectivity index (χ2v) is 6.33. The van der Waals surface area contributed by atoms with Crippen LogP contribution in [0.3, 0.4) is 0 Å². The van der Waals surface area contributed by atoms with Gasteiger partial charge in [0.2, 0.25) is 5.91 Å². The highest BCUT2D eigenvalue weighted by atomic mass is 16.3. The Bertz CT molecular complexity index is 255. The van der Waals surface area contributed by atoms with Crippen molar-refractivity contribution in [3.8, 4) is 0 Å². The highest BCUT2D eigenvalue weighted by Gasteiger charge is 2.33. The molecule has 0 bridgehead atoms. The van der Waals surface area contributed by atoms with Crippen molar-refractivity contribution in [3.63, 3.8) is 0 Å². The molecule has 18 heavy (non-hydrogen) atoms. The monoisotopic (exact) mass is 255 g/mol. The van der Waals surface area contributed by atoms with Crippen molar-refractivity contribution >= 4 is 5.91 Å². The van der Waals surface area contributed by atoms with Crippen molar-refractivity contribution in [2.24, 2.45) is 11.3 Å². The van der Waals surface area contributed by atoms with E-state index in [0.717, 1.165) is 12.8 Å². The third kappa shape index (κ3) is 4.60. The Hall–Kier alpha value is -0.570. The fourth-order valence-electron chi connectivity index (χ4n) is 2.62. The number of carbonyl (C=O) groups is 1. The lowest BCUT2D eigenvalue weighted by Gasteiger charge is -2.27. The lowest BCUT2D eigenvalue weighted by molar-refractivity contribution is -0.131. The van der Waals surface area contributed by atoms with Gasteiger partial charge in [-0.15, -0.1) is 0 Å². The van der Waals surface area contributed by atoms with Gasteiger partial charge < -0.3 is 10.4 Å². The van der Waals surface area contributed by atoms with Crippen LogP contribution in [-0.2, 0) is 4.79 Å². The van der Waals surface area contributed by atoms with E-state index in [1.165, 1.54) is 25.7 Å². The van der Waals surface area contributed by atoms with Crippen LogP contribution in [0.15, 0.2) is 0 Å². The summed E-state index contributed by atoms with van der Waals surface area (Å²) in [5.74, 6) is 0.440. The lowest BCUT2D eigenvalue weighted by Crippen LogP contribution is -2.40. The molecule has 0 aromatic rings. The Morgan fingerprint density at radius 1 is 1.22 bits per heavy atom. The normalized spacial score (nSPS) is 21.4. The number of nitrogens with one attached hydrogen (secondary N) is 1. The zero-order valence-electron chi connectivity index (χ0n) is 12.2. The summed E-state index contributed by atoms with van der Waals surface area (Å²) in [6.45, 7) is 6.68. The average molecular weight is 255 g/mol. The van der Waals surface area contributed by atoms with Crippen LogP contribution in [0, 0.1) is 11.3 Å². The SMILES string of the molecule is CC(C)C(O)CCNC(=O)C1(C)CCCCCC1. The number of aliphatic hydroxyl groups is 1. The third-order valence-electron chi connectivity index (χ3n) is 4.25. The number of hydrogen-bond donors (Lipinski definition) is 2. The molecule has 0 saturated heterocycles. The van der Waals surface area contributed by atoms with E-state index in [9.17, 15) is 9.90 Å². The van der Waals surface area contributed by atoms with E-state index in [1.54, 1.807) is 0 Å². The summed E-state index contributed by atoms with van der Waals surface area (Å²) in [5.41, 5.74) is -0.181. The standard InChI is InChI=1S/C15H29NO2/c1-12(2)13(17)8-11-16-14(18)15(3)9-6-4-5-7-10-15/h12-13,17H,4-11H2,1-3H3,(H,16,18). The van der Waals surface area contributed by atoms with Gasteiger partial charge in [-0.25, -0.2) is 0 Å². The van der Waals surface area contributed by atoms with E-state index in [-0.39, 0.29) is 23.3 Å². The molecule has 0 heterocycles. The van der Waals surface area contributed by atoms with Crippen LogP contribution in [0.1, 0.15) is 65.7 Å². The maximum absolute atomic E-state index is 12.2. The van der Waals surface area contributed by atoms with Crippen LogP contribution in [0.4, 0.5) is 0 Å². The molecule has 1 aliphatic carbocycles. The molecule has 1 aliphatic rings. The smallest absolute Gasteiger partial charge is 0.225 e. The van der Waals surface area contributed by atoms with Gasteiger partial charge in [0, 0.05) is 12.0 Å². The van der Waals surface area contributed by atoms with Crippen molar-refractivity contribution < 1.29 is 9.90 Å². The predicted molar refractivity (Wildman–Crippen MR) is 74.3 cm³/mol. The number of hydrogen-bond acceptors (Lipinski definition) is 2. The van der Waals surface area contributed by atoms with Crippen molar-refractivity contribution in [2.45, 2.75) is 71.8 Å². The van der Waals surface area contributed by atoms with E-state index in [1.807, 2.05) is 13.8 Å². The maximum Gasteiger partial charge on any atom is 0.225 e. The molecule has 1 saturated carbocycles. The molecule has 1 amide bonds. The molecule has 1 unspecified atom stereocenters. The molecule has 106 valence electrons. The highest BCUT2D eigenvalue weighted by Crippen LogP contribution is 2.34. The zero-order valence-corrected chi connectivity index (χ0v) is 12.2. The van der Waals surface area contributed by atoms with Gasteiger partial charge in [0.05, 0.1) is 6.10 Å². The molecule has 0 spiro atoms. The van der Waals surface area contributed by atoms with Crippen molar-refractivity contribution in [1.82, 2.24) is 5.32 Å². The van der Waals surface area contributed by atoms with Crippen molar-refractivity contribution in [1.29, 1.82) is 0 Å². The Morgan fingerprint density at radius 3 is 2.28 bits per heavy atom. The minimum absolute atomic E-state index is 0.181. The van der Waals surface area contributed by atoms with Crippen LogP contribution in [0.25, 0.3) is 0 Å². The maximum atomic E-state index is 12.2. The summed E-state index contributed by atoms with van der Waals surface area (Å²) < 4.78 is 0. The number of carbonyl (C=O) groups excluding carboxylic acids is 1. The second kappa shape index (κ2) is 7.13. The molecule has 0 aliphatic heterocycles. The Morgan fingerprint density at radius 2 is 1.78 bits per heavy atom. The zero-order chi connectivity index (χ0) is 13.6. The van der Waals surface area contributed by atoms with Crippen LogP contribution in [0.5, 0.6) is 0 Å². The van der Waals surface area contributed by atoms with Crippen LogP contribution < -0.4 is 5.32 Å². The van der Waals surface area contributed by atoms with E-state index in [0.29, 0.717) is 13.0 Å². The van der Waals surface area contributed by atoms with Gasteiger partial charge in [-0.05, 0) is 25.2 Å². The first-order chi connectivity index (χ1) is 8.46. The molecule has 3 heteroatoms. The summed E-state index contributed by atoms with van der Waals surface area (Å²) >= 11 is 0. The molecule has 3 nitrogen and oxygen atoms in total. The van der Waals surface area contributed by atoms with Crippen molar-refractivity contribution in [2.75, 3.05) is 6.54 Å². The number of aliphatic hydroxyl groups excluding tert-OH is 1. The minimum Gasteiger partial charge on any atom is -0.393 e. The Labute approximate surface area is 111 Å². The summed E-state index contributed by atoms with van der Waals surface area (Å²) in [7, 11) is 0.